The molecule has 0 spiro atoms. The second-order valence-electron chi connectivity index (χ2n) is 10.9. The Hall–Kier alpha value is -1.11. The van der Waals surface area contributed by atoms with E-state index in [-0.39, 0.29) is 29.0 Å². The molecular formula is C25H35ClN2O3S. The molecule has 4 aliphatic carbocycles. The molecule has 1 atom stereocenters. The summed E-state index contributed by atoms with van der Waals surface area (Å²) >= 11 is 6.11. The first-order valence-electron chi connectivity index (χ1n) is 12.2. The molecule has 32 heavy (non-hydrogen) atoms. The first kappa shape index (κ1) is 22.7. The zero-order valence-electron chi connectivity index (χ0n) is 19.0. The van der Waals surface area contributed by atoms with Crippen LogP contribution in [0.5, 0.6) is 0 Å². The van der Waals surface area contributed by atoms with Crippen LogP contribution in [0.1, 0.15) is 57.4 Å². The summed E-state index contributed by atoms with van der Waals surface area (Å²) in [5.74, 6) is 2.85. The van der Waals surface area contributed by atoms with Gasteiger partial charge in [-0.25, -0.2) is 8.42 Å². The first-order chi connectivity index (χ1) is 15.2. The van der Waals surface area contributed by atoms with Crippen molar-refractivity contribution in [3.05, 3.63) is 34.9 Å². The van der Waals surface area contributed by atoms with Crippen LogP contribution in [0, 0.1) is 17.8 Å². The molecule has 0 N–H and O–H groups in total. The number of likely N-dealkylation sites (N-methyl/N-ethyl adjacent to an activating group) is 1. The smallest absolute Gasteiger partial charge is 0.237 e. The third-order valence-corrected chi connectivity index (χ3v) is 10.6. The van der Waals surface area contributed by atoms with Crippen molar-refractivity contribution in [3.63, 3.8) is 0 Å². The summed E-state index contributed by atoms with van der Waals surface area (Å²) in [6, 6.07) is 7.83. The number of amides is 1. The van der Waals surface area contributed by atoms with E-state index < -0.39 is 9.84 Å². The fourth-order valence-corrected chi connectivity index (χ4v) is 9.40. The van der Waals surface area contributed by atoms with Crippen LogP contribution in [0.2, 0.25) is 5.02 Å². The van der Waals surface area contributed by atoms with E-state index in [1.807, 2.05) is 31.2 Å². The standard InChI is InChI=1S/C25H35ClN2O3S/c1-2-27(23-7-8-32(30,31)17-23)16-24(29)28(15-18-3-5-22(26)6-4-18)25-12-19-9-20(13-25)11-21(10-19)14-25/h3-6,19-21,23H,2,7-17H2,1H3/t19?,20?,21?,23-,25?/m1/s1. The van der Waals surface area contributed by atoms with Gasteiger partial charge in [0, 0.05) is 23.1 Å². The topological polar surface area (TPSA) is 57.7 Å². The van der Waals surface area contributed by atoms with E-state index >= 15 is 0 Å². The quantitative estimate of drug-likeness (QED) is 0.590. The van der Waals surface area contributed by atoms with E-state index in [0.29, 0.717) is 31.1 Å². The molecule has 5 fully saturated rings. The highest BCUT2D eigenvalue weighted by atomic mass is 35.5. The van der Waals surface area contributed by atoms with Crippen molar-refractivity contribution in [3.8, 4) is 0 Å². The predicted octanol–water partition coefficient (Wildman–Crippen LogP) is 4.15. The van der Waals surface area contributed by atoms with Gasteiger partial charge in [0.15, 0.2) is 9.84 Å². The summed E-state index contributed by atoms with van der Waals surface area (Å²) in [5, 5.41) is 0.709. The lowest BCUT2D eigenvalue weighted by molar-refractivity contribution is -0.154. The van der Waals surface area contributed by atoms with Crippen molar-refractivity contribution in [1.29, 1.82) is 0 Å². The zero-order valence-corrected chi connectivity index (χ0v) is 20.6. The molecule has 7 heteroatoms. The summed E-state index contributed by atoms with van der Waals surface area (Å²) in [7, 11) is -2.98. The molecular weight excluding hydrogens is 444 g/mol. The normalized spacial score (nSPS) is 34.8. The zero-order chi connectivity index (χ0) is 22.5. The third-order valence-electron chi connectivity index (χ3n) is 8.60. The number of hydrogen-bond donors (Lipinski definition) is 0. The van der Waals surface area contributed by atoms with Gasteiger partial charge in [0.25, 0.3) is 0 Å². The van der Waals surface area contributed by atoms with Gasteiger partial charge in [-0.2, -0.15) is 0 Å². The number of carbonyl (C=O) groups excluding carboxylic acids is 1. The highest BCUT2D eigenvalue weighted by Gasteiger charge is 2.54. The Kier molecular flexibility index (Phi) is 6.09. The molecule has 5 aliphatic rings. The van der Waals surface area contributed by atoms with E-state index in [1.165, 1.54) is 19.3 Å². The molecule has 1 aliphatic heterocycles. The SMILES string of the molecule is CCN(CC(=O)N(Cc1ccc(Cl)cc1)C12CC3CC(CC(C3)C1)C2)[C@@H]1CCS(=O)(=O)C1. The van der Waals surface area contributed by atoms with Gasteiger partial charge in [0.1, 0.15) is 0 Å². The van der Waals surface area contributed by atoms with Crippen molar-refractivity contribution >= 4 is 27.3 Å². The Morgan fingerprint density at radius 1 is 1.06 bits per heavy atom. The molecule has 0 radical (unpaired) electrons. The van der Waals surface area contributed by atoms with Crippen molar-refractivity contribution in [2.45, 2.75) is 70.0 Å². The number of benzene rings is 1. The van der Waals surface area contributed by atoms with Gasteiger partial charge in [-0.15, -0.1) is 0 Å². The minimum Gasteiger partial charge on any atom is -0.332 e. The lowest BCUT2D eigenvalue weighted by Crippen LogP contribution is -2.62. The lowest BCUT2D eigenvalue weighted by Gasteiger charge is -2.60. The molecule has 0 unspecified atom stereocenters. The number of sulfone groups is 1. The van der Waals surface area contributed by atoms with Crippen LogP contribution < -0.4 is 0 Å². The van der Waals surface area contributed by atoms with E-state index in [0.717, 1.165) is 42.6 Å². The first-order valence-corrected chi connectivity index (χ1v) is 14.4. The molecule has 1 aromatic rings. The average molecular weight is 479 g/mol. The van der Waals surface area contributed by atoms with Crippen molar-refractivity contribution in [2.75, 3.05) is 24.6 Å². The van der Waals surface area contributed by atoms with Crippen molar-refractivity contribution in [1.82, 2.24) is 9.80 Å². The Bertz CT molecular complexity index is 927. The van der Waals surface area contributed by atoms with E-state index in [9.17, 15) is 13.2 Å². The summed E-state index contributed by atoms with van der Waals surface area (Å²) in [6.45, 7) is 3.66. The Balaban J connectivity index is 1.40. The van der Waals surface area contributed by atoms with Crippen molar-refractivity contribution < 1.29 is 13.2 Å². The molecule has 5 nitrogen and oxygen atoms in total. The molecule has 0 aromatic heterocycles. The van der Waals surface area contributed by atoms with E-state index in [4.69, 9.17) is 11.6 Å². The summed E-state index contributed by atoms with van der Waals surface area (Å²) in [5.41, 5.74) is 1.08. The van der Waals surface area contributed by atoms with Crippen LogP contribution in [0.25, 0.3) is 0 Å². The monoisotopic (exact) mass is 478 g/mol. The Morgan fingerprint density at radius 3 is 2.16 bits per heavy atom. The Morgan fingerprint density at radius 2 is 1.66 bits per heavy atom. The van der Waals surface area contributed by atoms with Gasteiger partial charge in [0.2, 0.25) is 5.91 Å². The van der Waals surface area contributed by atoms with Gasteiger partial charge in [-0.05, 0) is 86.9 Å². The van der Waals surface area contributed by atoms with E-state index in [2.05, 4.69) is 9.80 Å². The number of hydrogen-bond acceptors (Lipinski definition) is 4. The van der Waals surface area contributed by atoms with Crippen LogP contribution in [0.3, 0.4) is 0 Å². The van der Waals surface area contributed by atoms with Crippen LogP contribution in [-0.4, -0.2) is 60.3 Å². The largest absolute Gasteiger partial charge is 0.332 e. The summed E-state index contributed by atoms with van der Waals surface area (Å²) < 4.78 is 24.1. The maximum Gasteiger partial charge on any atom is 0.237 e. The van der Waals surface area contributed by atoms with Gasteiger partial charge >= 0.3 is 0 Å². The van der Waals surface area contributed by atoms with Crippen LogP contribution in [0.4, 0.5) is 0 Å². The molecule has 1 heterocycles. The maximum atomic E-state index is 13.9. The van der Waals surface area contributed by atoms with Crippen LogP contribution in [-0.2, 0) is 21.2 Å². The van der Waals surface area contributed by atoms with Gasteiger partial charge in [-0.3, -0.25) is 9.69 Å². The van der Waals surface area contributed by atoms with Crippen LogP contribution >= 0.6 is 11.6 Å². The number of rotatable bonds is 7. The molecule has 1 aromatic carbocycles. The predicted molar refractivity (Wildman–Crippen MR) is 127 cm³/mol. The highest BCUT2D eigenvalue weighted by molar-refractivity contribution is 7.91. The lowest BCUT2D eigenvalue weighted by atomic mass is 9.52. The minimum atomic E-state index is -2.98. The highest BCUT2D eigenvalue weighted by Crippen LogP contribution is 2.58. The Labute approximate surface area is 197 Å². The second-order valence-corrected chi connectivity index (χ2v) is 13.5. The van der Waals surface area contributed by atoms with Gasteiger partial charge in [-0.1, -0.05) is 30.7 Å². The molecule has 176 valence electrons. The number of nitrogens with zero attached hydrogens (tertiary/aromatic N) is 2. The minimum absolute atomic E-state index is 0.0351. The van der Waals surface area contributed by atoms with E-state index in [1.54, 1.807) is 0 Å². The maximum absolute atomic E-state index is 13.9. The molecule has 1 saturated heterocycles. The molecule has 1 amide bonds. The van der Waals surface area contributed by atoms with Crippen LogP contribution in [0.15, 0.2) is 24.3 Å². The summed E-state index contributed by atoms with van der Waals surface area (Å²) in [6.07, 6.45) is 8.03. The van der Waals surface area contributed by atoms with Crippen molar-refractivity contribution in [2.24, 2.45) is 17.8 Å². The second kappa shape index (κ2) is 8.59. The fraction of sp³-hybridized carbons (Fsp3) is 0.720. The van der Waals surface area contributed by atoms with Gasteiger partial charge in [0.05, 0.1) is 18.1 Å². The van der Waals surface area contributed by atoms with Gasteiger partial charge < -0.3 is 4.90 Å². The average Bonchev–Trinajstić information content (AvgIpc) is 3.09. The fourth-order valence-electron chi connectivity index (χ4n) is 7.51. The summed E-state index contributed by atoms with van der Waals surface area (Å²) in [4.78, 5) is 18.2. The number of halogens is 1. The number of carbonyl (C=O) groups is 1. The molecule has 4 bridgehead atoms. The molecule has 6 rings (SSSR count). The molecule has 4 saturated carbocycles. The third kappa shape index (κ3) is 4.47.